The molecule has 0 spiro atoms. The highest BCUT2D eigenvalue weighted by atomic mass is 35.5. The lowest BCUT2D eigenvalue weighted by molar-refractivity contribution is -0.140. The summed E-state index contributed by atoms with van der Waals surface area (Å²) in [6.07, 6.45) is 0.861. The maximum Gasteiger partial charge on any atom is 0.265 e. The molecule has 0 heterocycles. The largest absolute Gasteiger partial charge is 0.495 e. The molecule has 0 aliphatic carbocycles. The van der Waals surface area contributed by atoms with Crippen LogP contribution in [0.1, 0.15) is 24.5 Å². The number of amides is 2. The molecule has 10 nitrogen and oxygen atoms in total. The fraction of sp³-hybridized carbons (Fsp3) is 0.278. The lowest BCUT2D eigenvalue weighted by Gasteiger charge is -2.34. The van der Waals surface area contributed by atoms with Gasteiger partial charge < -0.3 is 24.4 Å². The van der Waals surface area contributed by atoms with E-state index in [9.17, 15) is 18.0 Å². The van der Waals surface area contributed by atoms with Gasteiger partial charge in [-0.1, -0.05) is 72.6 Å². The first-order chi connectivity index (χ1) is 23.5. The van der Waals surface area contributed by atoms with Gasteiger partial charge in [0.25, 0.3) is 10.0 Å². The van der Waals surface area contributed by atoms with Crippen LogP contribution in [-0.4, -0.2) is 65.6 Å². The number of ether oxygens (including phenoxy) is 3. The van der Waals surface area contributed by atoms with Gasteiger partial charge >= 0.3 is 0 Å². The number of anilines is 1. The van der Waals surface area contributed by atoms with Crippen LogP contribution < -0.4 is 23.8 Å². The Morgan fingerprint density at radius 3 is 2.04 bits per heavy atom. The number of rotatable bonds is 16. The monoisotopic (exact) mass is 727 g/mol. The minimum atomic E-state index is -4.49. The highest BCUT2D eigenvalue weighted by molar-refractivity contribution is 7.92. The number of methoxy groups -OCH3 is 3. The van der Waals surface area contributed by atoms with Crippen LogP contribution in [0.3, 0.4) is 0 Å². The molecule has 0 radical (unpaired) electrons. The van der Waals surface area contributed by atoms with Crippen LogP contribution in [0.4, 0.5) is 5.69 Å². The molecule has 0 fully saturated rings. The fourth-order valence-corrected chi connectivity index (χ4v) is 6.91. The van der Waals surface area contributed by atoms with Gasteiger partial charge in [0, 0.05) is 35.6 Å². The summed E-state index contributed by atoms with van der Waals surface area (Å²) in [5.41, 5.74) is 1.53. The van der Waals surface area contributed by atoms with Crippen molar-refractivity contribution in [2.45, 2.75) is 37.2 Å². The second-order valence-corrected chi connectivity index (χ2v) is 13.7. The molecule has 49 heavy (non-hydrogen) atoms. The third-order valence-corrected chi connectivity index (χ3v) is 9.96. The van der Waals surface area contributed by atoms with E-state index in [2.05, 4.69) is 5.32 Å². The van der Waals surface area contributed by atoms with Gasteiger partial charge in [0.05, 0.1) is 31.9 Å². The summed E-state index contributed by atoms with van der Waals surface area (Å²) in [5, 5.41) is 3.64. The second-order valence-electron chi connectivity index (χ2n) is 11.0. The van der Waals surface area contributed by atoms with Crippen molar-refractivity contribution >= 4 is 50.7 Å². The molecule has 0 bridgehead atoms. The first-order valence-electron chi connectivity index (χ1n) is 15.5. The summed E-state index contributed by atoms with van der Waals surface area (Å²) in [4.78, 5) is 29.7. The fourth-order valence-electron chi connectivity index (χ4n) is 5.18. The quantitative estimate of drug-likeness (QED) is 0.143. The van der Waals surface area contributed by atoms with Crippen LogP contribution in [-0.2, 0) is 32.6 Å². The Labute approximate surface area is 297 Å². The first-order valence-corrected chi connectivity index (χ1v) is 17.7. The number of carbonyl (C=O) groups is 2. The zero-order valence-electron chi connectivity index (χ0n) is 27.7. The predicted octanol–water partition coefficient (Wildman–Crippen LogP) is 6.38. The third kappa shape index (κ3) is 9.38. The van der Waals surface area contributed by atoms with Crippen LogP contribution in [0.15, 0.2) is 95.9 Å². The predicted molar refractivity (Wildman–Crippen MR) is 191 cm³/mol. The average Bonchev–Trinajstić information content (AvgIpc) is 3.11. The molecule has 2 amide bonds. The zero-order chi connectivity index (χ0) is 35.6. The molecule has 260 valence electrons. The maximum absolute atomic E-state index is 14.7. The Kier molecular flexibility index (Phi) is 13.2. The Hall–Kier alpha value is -4.45. The van der Waals surface area contributed by atoms with Crippen molar-refractivity contribution in [2.24, 2.45) is 0 Å². The standard InChI is InChI=1S/C36H39Cl2N3O7S/c1-5-19-39-36(43)31(20-25-9-7-6-8-10-25)40(23-26-11-13-27(37)14-12-26)35(42)24-41(30-21-28(38)15-17-32(30)46-2)49(44,45)29-16-18-33(47-3)34(22-29)48-4/h6-18,21-22,31H,5,19-20,23-24H2,1-4H3,(H,39,43)/t31-/m1/s1. The third-order valence-electron chi connectivity index (χ3n) is 7.72. The van der Waals surface area contributed by atoms with Gasteiger partial charge in [0.1, 0.15) is 18.3 Å². The molecule has 1 atom stereocenters. The summed E-state index contributed by atoms with van der Waals surface area (Å²) < 4.78 is 46.2. The smallest absolute Gasteiger partial charge is 0.265 e. The lowest BCUT2D eigenvalue weighted by Crippen LogP contribution is -2.53. The number of hydrogen-bond acceptors (Lipinski definition) is 7. The minimum Gasteiger partial charge on any atom is -0.495 e. The van der Waals surface area contributed by atoms with E-state index in [4.69, 9.17) is 37.4 Å². The maximum atomic E-state index is 14.7. The highest BCUT2D eigenvalue weighted by Crippen LogP contribution is 2.37. The summed E-state index contributed by atoms with van der Waals surface area (Å²) in [5.74, 6) is -0.364. The summed E-state index contributed by atoms with van der Waals surface area (Å²) in [6.45, 7) is 1.61. The zero-order valence-corrected chi connectivity index (χ0v) is 30.0. The molecule has 1 N–H and O–H groups in total. The SMILES string of the molecule is CCCNC(=O)[C@@H](Cc1ccccc1)N(Cc1ccc(Cl)cc1)C(=O)CN(c1cc(Cl)ccc1OC)S(=O)(=O)c1ccc(OC)c(OC)c1. The normalized spacial score (nSPS) is 11.7. The van der Waals surface area contributed by atoms with Crippen LogP contribution in [0.25, 0.3) is 0 Å². The molecule has 0 saturated heterocycles. The second kappa shape index (κ2) is 17.3. The number of hydrogen-bond donors (Lipinski definition) is 1. The Bertz CT molecular complexity index is 1840. The molecule has 0 unspecified atom stereocenters. The van der Waals surface area contributed by atoms with Crippen LogP contribution in [0.2, 0.25) is 10.0 Å². The molecule has 0 saturated carbocycles. The molecule has 4 aromatic rings. The van der Waals surface area contributed by atoms with E-state index in [1.54, 1.807) is 30.3 Å². The van der Waals surface area contributed by atoms with Crippen molar-refractivity contribution in [1.82, 2.24) is 10.2 Å². The van der Waals surface area contributed by atoms with Crippen molar-refractivity contribution in [3.63, 3.8) is 0 Å². The number of nitrogens with zero attached hydrogens (tertiary/aromatic N) is 2. The number of nitrogens with one attached hydrogen (secondary N) is 1. The van der Waals surface area contributed by atoms with Crippen molar-refractivity contribution in [3.8, 4) is 17.2 Å². The van der Waals surface area contributed by atoms with Gasteiger partial charge in [0.2, 0.25) is 11.8 Å². The van der Waals surface area contributed by atoms with E-state index in [1.165, 1.54) is 56.6 Å². The summed E-state index contributed by atoms with van der Waals surface area (Å²) in [7, 11) is -0.282. The van der Waals surface area contributed by atoms with Crippen molar-refractivity contribution in [3.05, 3.63) is 112 Å². The van der Waals surface area contributed by atoms with Gasteiger partial charge in [-0.05, 0) is 60.0 Å². The summed E-state index contributed by atoms with van der Waals surface area (Å²) >= 11 is 12.5. The van der Waals surface area contributed by atoms with Crippen LogP contribution in [0.5, 0.6) is 17.2 Å². The average molecular weight is 729 g/mol. The number of carbonyl (C=O) groups excluding carboxylic acids is 2. The Morgan fingerprint density at radius 2 is 1.41 bits per heavy atom. The number of benzene rings is 4. The topological polar surface area (TPSA) is 114 Å². The van der Waals surface area contributed by atoms with Gasteiger partial charge in [0.15, 0.2) is 11.5 Å². The van der Waals surface area contributed by atoms with Gasteiger partial charge in [-0.25, -0.2) is 8.42 Å². The molecular weight excluding hydrogens is 689 g/mol. The Balaban J connectivity index is 1.87. The van der Waals surface area contributed by atoms with E-state index in [0.717, 1.165) is 9.87 Å². The van der Waals surface area contributed by atoms with Crippen LogP contribution in [0, 0.1) is 0 Å². The van der Waals surface area contributed by atoms with Crippen molar-refractivity contribution < 1.29 is 32.2 Å². The molecule has 4 aromatic carbocycles. The molecular formula is C36H39Cl2N3O7S. The number of sulfonamides is 1. The summed E-state index contributed by atoms with van der Waals surface area (Å²) in [6, 6.07) is 23.8. The molecule has 0 aliphatic heterocycles. The van der Waals surface area contributed by atoms with E-state index in [1.807, 2.05) is 37.3 Å². The lowest BCUT2D eigenvalue weighted by atomic mass is 10.0. The first kappa shape index (κ1) is 37.4. The van der Waals surface area contributed by atoms with Gasteiger partial charge in [-0.15, -0.1) is 0 Å². The van der Waals surface area contributed by atoms with Gasteiger partial charge in [-0.2, -0.15) is 0 Å². The number of halogens is 2. The van der Waals surface area contributed by atoms with E-state index < -0.39 is 28.5 Å². The van der Waals surface area contributed by atoms with E-state index >= 15 is 0 Å². The minimum absolute atomic E-state index is 0.00995. The van der Waals surface area contributed by atoms with Crippen molar-refractivity contribution in [2.75, 3.05) is 38.7 Å². The molecule has 0 aromatic heterocycles. The van der Waals surface area contributed by atoms with Crippen molar-refractivity contribution in [1.29, 1.82) is 0 Å². The highest BCUT2D eigenvalue weighted by Gasteiger charge is 2.36. The Morgan fingerprint density at radius 1 is 0.776 bits per heavy atom. The van der Waals surface area contributed by atoms with E-state index in [-0.39, 0.29) is 46.0 Å². The molecule has 0 aliphatic rings. The van der Waals surface area contributed by atoms with Gasteiger partial charge in [-0.3, -0.25) is 13.9 Å². The molecule has 4 rings (SSSR count). The molecule has 13 heteroatoms. The van der Waals surface area contributed by atoms with E-state index in [0.29, 0.717) is 29.3 Å². The van der Waals surface area contributed by atoms with Crippen LogP contribution >= 0.6 is 23.2 Å².